The number of phenolic OH excluding ortho intramolecular Hbond substituents is 1. The smallest absolute Gasteiger partial charge is 0.294 e. The Hall–Kier alpha value is -2.51. The molecule has 0 heterocycles. The minimum atomic E-state index is -4.23. The van der Waals surface area contributed by atoms with Crippen LogP contribution < -0.4 is 10.4 Å². The van der Waals surface area contributed by atoms with Crippen molar-refractivity contribution in [2.24, 2.45) is 10.2 Å². The zero-order valence-electron chi connectivity index (χ0n) is 12.6. The highest BCUT2D eigenvalue weighted by Gasteiger charge is 2.08. The standard InChI is InChI=1S/C16H16N2O4S/c1-3-11-9-13(19)10-16(15(11)4-2)18-17-12-5-7-14(8-6-12)23(20,21)22/h3-10,19H,1-2H3,(H,20,21,22)/b11-3-,15-4+,18-17?. The van der Waals surface area contributed by atoms with Crippen LogP contribution in [0.3, 0.4) is 0 Å². The van der Waals surface area contributed by atoms with Gasteiger partial charge in [0.2, 0.25) is 0 Å². The van der Waals surface area contributed by atoms with Crippen molar-refractivity contribution in [2.45, 2.75) is 18.7 Å². The third-order valence-corrected chi connectivity index (χ3v) is 4.05. The van der Waals surface area contributed by atoms with Gasteiger partial charge in [0.15, 0.2) is 0 Å². The van der Waals surface area contributed by atoms with E-state index in [2.05, 4.69) is 10.2 Å². The molecule has 0 fully saturated rings. The summed E-state index contributed by atoms with van der Waals surface area (Å²) in [5, 5.41) is 19.5. The van der Waals surface area contributed by atoms with E-state index >= 15 is 0 Å². The summed E-state index contributed by atoms with van der Waals surface area (Å²) >= 11 is 0. The van der Waals surface area contributed by atoms with Crippen LogP contribution in [0.25, 0.3) is 12.2 Å². The van der Waals surface area contributed by atoms with E-state index < -0.39 is 10.1 Å². The molecule has 0 aliphatic rings. The number of nitrogens with zero attached hydrogens (tertiary/aromatic N) is 2. The van der Waals surface area contributed by atoms with E-state index in [1.54, 1.807) is 6.07 Å². The monoisotopic (exact) mass is 332 g/mol. The number of rotatable bonds is 3. The molecule has 0 bridgehead atoms. The first-order valence-corrected chi connectivity index (χ1v) is 8.24. The molecule has 0 saturated carbocycles. The molecule has 0 saturated heterocycles. The first-order valence-electron chi connectivity index (χ1n) is 6.80. The fraction of sp³-hybridized carbons (Fsp3) is 0.125. The number of phenols is 1. The van der Waals surface area contributed by atoms with Crippen LogP contribution in [0, 0.1) is 0 Å². The Kier molecular flexibility index (Phi) is 4.92. The van der Waals surface area contributed by atoms with E-state index in [0.717, 1.165) is 10.4 Å². The molecule has 120 valence electrons. The molecule has 23 heavy (non-hydrogen) atoms. The first-order chi connectivity index (χ1) is 10.8. The molecule has 0 amide bonds. The second-order valence-electron chi connectivity index (χ2n) is 4.71. The van der Waals surface area contributed by atoms with Gasteiger partial charge in [-0.05, 0) is 49.4 Å². The van der Waals surface area contributed by atoms with Gasteiger partial charge in [0.05, 0.1) is 16.3 Å². The number of hydrogen-bond donors (Lipinski definition) is 2. The molecule has 0 unspecified atom stereocenters. The maximum absolute atomic E-state index is 11.0. The summed E-state index contributed by atoms with van der Waals surface area (Å²) in [7, 11) is -4.23. The summed E-state index contributed by atoms with van der Waals surface area (Å²) in [6.45, 7) is 3.72. The van der Waals surface area contributed by atoms with Crippen LogP contribution >= 0.6 is 0 Å². The predicted molar refractivity (Wildman–Crippen MR) is 88.1 cm³/mol. The molecule has 0 spiro atoms. The van der Waals surface area contributed by atoms with Gasteiger partial charge in [-0.15, -0.1) is 5.11 Å². The number of hydrogen-bond acceptors (Lipinski definition) is 5. The van der Waals surface area contributed by atoms with Gasteiger partial charge in [-0.1, -0.05) is 12.2 Å². The highest BCUT2D eigenvalue weighted by atomic mass is 32.2. The van der Waals surface area contributed by atoms with Gasteiger partial charge in [-0.3, -0.25) is 4.55 Å². The summed E-state index contributed by atoms with van der Waals surface area (Å²) in [5.41, 5.74) is 0.921. The van der Waals surface area contributed by atoms with E-state index in [-0.39, 0.29) is 10.6 Å². The average molecular weight is 332 g/mol. The van der Waals surface area contributed by atoms with Gasteiger partial charge < -0.3 is 5.11 Å². The fourth-order valence-electron chi connectivity index (χ4n) is 2.08. The highest BCUT2D eigenvalue weighted by Crippen LogP contribution is 2.19. The van der Waals surface area contributed by atoms with Crippen LogP contribution in [0.5, 0.6) is 5.75 Å². The van der Waals surface area contributed by atoms with Gasteiger partial charge in [-0.2, -0.15) is 13.5 Å². The molecule has 0 aliphatic heterocycles. The van der Waals surface area contributed by atoms with Crippen molar-refractivity contribution in [1.29, 1.82) is 0 Å². The number of azo groups is 1. The third kappa shape index (κ3) is 4.02. The minimum absolute atomic E-state index is 0.0828. The van der Waals surface area contributed by atoms with E-state index in [0.29, 0.717) is 11.4 Å². The fourth-order valence-corrected chi connectivity index (χ4v) is 2.56. The van der Waals surface area contributed by atoms with Gasteiger partial charge in [0.25, 0.3) is 10.1 Å². The van der Waals surface area contributed by atoms with E-state index in [4.69, 9.17) is 4.55 Å². The van der Waals surface area contributed by atoms with Gasteiger partial charge in [0, 0.05) is 11.3 Å². The second kappa shape index (κ2) is 6.72. The van der Waals surface area contributed by atoms with Crippen molar-refractivity contribution in [3.05, 3.63) is 46.8 Å². The Morgan fingerprint density at radius 1 is 1.00 bits per heavy atom. The van der Waals surface area contributed by atoms with Crippen LogP contribution in [-0.2, 0) is 10.1 Å². The molecule has 0 radical (unpaired) electrons. The van der Waals surface area contributed by atoms with Crippen molar-refractivity contribution >= 4 is 33.6 Å². The topological polar surface area (TPSA) is 99.3 Å². The van der Waals surface area contributed by atoms with Gasteiger partial charge in [-0.25, -0.2) is 0 Å². The average Bonchev–Trinajstić information content (AvgIpc) is 2.51. The van der Waals surface area contributed by atoms with Crippen molar-refractivity contribution in [3.63, 3.8) is 0 Å². The quantitative estimate of drug-likeness (QED) is 0.666. The van der Waals surface area contributed by atoms with Crippen molar-refractivity contribution in [3.8, 4) is 5.75 Å². The number of benzene rings is 2. The lowest BCUT2D eigenvalue weighted by Crippen LogP contribution is -2.23. The third-order valence-electron chi connectivity index (χ3n) is 3.18. The van der Waals surface area contributed by atoms with Crippen molar-refractivity contribution in [2.75, 3.05) is 0 Å². The molecule has 0 aliphatic carbocycles. The van der Waals surface area contributed by atoms with Crippen LogP contribution in [0.15, 0.2) is 51.5 Å². The number of aromatic hydroxyl groups is 1. The molecule has 0 aromatic heterocycles. The second-order valence-corrected chi connectivity index (χ2v) is 6.14. The molecule has 7 heteroatoms. The summed E-state index contributed by atoms with van der Waals surface area (Å²) < 4.78 is 30.9. The predicted octanol–water partition coefficient (Wildman–Crippen LogP) is 2.66. The molecule has 2 N–H and O–H groups in total. The Labute approximate surface area is 133 Å². The van der Waals surface area contributed by atoms with E-state index in [1.807, 2.05) is 26.0 Å². The Morgan fingerprint density at radius 3 is 2.17 bits per heavy atom. The van der Waals surface area contributed by atoms with Crippen LogP contribution in [0.1, 0.15) is 13.8 Å². The lowest BCUT2D eigenvalue weighted by atomic mass is 10.2. The largest absolute Gasteiger partial charge is 0.508 e. The normalized spacial score (nSPS) is 13.9. The highest BCUT2D eigenvalue weighted by molar-refractivity contribution is 7.85. The lowest BCUT2D eigenvalue weighted by Gasteiger charge is -2.00. The Morgan fingerprint density at radius 2 is 1.65 bits per heavy atom. The summed E-state index contributed by atoms with van der Waals surface area (Å²) in [6, 6.07) is 8.47. The Balaban J connectivity index is 2.44. The van der Waals surface area contributed by atoms with Crippen LogP contribution in [0.4, 0.5) is 11.4 Å². The Bertz CT molecular complexity index is 962. The first kappa shape index (κ1) is 16.9. The van der Waals surface area contributed by atoms with Crippen LogP contribution in [-0.4, -0.2) is 18.1 Å². The maximum Gasteiger partial charge on any atom is 0.294 e. The van der Waals surface area contributed by atoms with Crippen molar-refractivity contribution in [1.82, 2.24) is 0 Å². The maximum atomic E-state index is 11.0. The van der Waals surface area contributed by atoms with E-state index in [1.165, 1.54) is 30.3 Å². The molecule has 2 aromatic rings. The van der Waals surface area contributed by atoms with Crippen molar-refractivity contribution < 1.29 is 18.1 Å². The summed E-state index contributed by atoms with van der Waals surface area (Å²) in [5.74, 6) is 0.0828. The molecular weight excluding hydrogens is 316 g/mol. The lowest BCUT2D eigenvalue weighted by molar-refractivity contribution is 0.474. The zero-order chi connectivity index (χ0) is 17.0. The SMILES string of the molecule is C/C=c1/cc(O)cc(N=Nc2ccc(S(=O)(=O)O)cc2)/c1=C/C. The van der Waals surface area contributed by atoms with Gasteiger partial charge >= 0.3 is 0 Å². The molecular formula is C16H16N2O4S. The molecule has 2 aromatic carbocycles. The van der Waals surface area contributed by atoms with E-state index in [9.17, 15) is 13.5 Å². The summed E-state index contributed by atoms with van der Waals surface area (Å²) in [4.78, 5) is -0.209. The minimum Gasteiger partial charge on any atom is -0.508 e. The molecule has 6 nitrogen and oxygen atoms in total. The molecule has 2 rings (SSSR count). The summed E-state index contributed by atoms with van der Waals surface area (Å²) in [6.07, 6.45) is 3.72. The zero-order valence-corrected chi connectivity index (χ0v) is 13.4. The van der Waals surface area contributed by atoms with Crippen LogP contribution in [0.2, 0.25) is 0 Å². The van der Waals surface area contributed by atoms with Gasteiger partial charge in [0.1, 0.15) is 5.75 Å². The molecule has 0 atom stereocenters.